The van der Waals surface area contributed by atoms with Gasteiger partial charge in [0.15, 0.2) is 0 Å². The maximum Gasteiger partial charge on any atom is 0.354 e. The molecule has 0 radical (unpaired) electrons. The largest absolute Gasteiger partial charge is 0.477 e. The van der Waals surface area contributed by atoms with Gasteiger partial charge in [0.1, 0.15) is 11.3 Å². The van der Waals surface area contributed by atoms with Crippen LogP contribution in [-0.4, -0.2) is 25.4 Å². The van der Waals surface area contributed by atoms with E-state index in [0.717, 1.165) is 21.8 Å². The Bertz CT molecular complexity index is 814. The van der Waals surface area contributed by atoms with Crippen molar-refractivity contribution in [3.05, 3.63) is 59.8 Å². The van der Waals surface area contributed by atoms with E-state index in [1.54, 1.807) is 23.9 Å². The SMILES string of the molecule is Cc1cccn2cc(CSc3ccnc(C(=O)O)c3)nc12. The van der Waals surface area contributed by atoms with Gasteiger partial charge in [-0.3, -0.25) is 0 Å². The minimum absolute atomic E-state index is 0.0610. The molecule has 0 aliphatic rings. The number of nitrogens with zero attached hydrogens (tertiary/aromatic N) is 3. The lowest BCUT2D eigenvalue weighted by molar-refractivity contribution is 0.0690. The molecule has 1 N–H and O–H groups in total. The predicted octanol–water partition coefficient (Wildman–Crippen LogP) is 3.03. The first-order valence-electron chi connectivity index (χ1n) is 6.39. The van der Waals surface area contributed by atoms with Crippen LogP contribution in [0.4, 0.5) is 0 Å². The van der Waals surface area contributed by atoms with Crippen molar-refractivity contribution in [2.75, 3.05) is 0 Å². The maximum atomic E-state index is 10.9. The van der Waals surface area contributed by atoms with Crippen molar-refractivity contribution in [2.45, 2.75) is 17.6 Å². The number of aryl methyl sites for hydroxylation is 1. The van der Waals surface area contributed by atoms with Crippen molar-refractivity contribution in [1.82, 2.24) is 14.4 Å². The van der Waals surface area contributed by atoms with Crippen molar-refractivity contribution in [3.8, 4) is 0 Å². The summed E-state index contributed by atoms with van der Waals surface area (Å²) in [5.74, 6) is -0.328. The fourth-order valence-corrected chi connectivity index (χ4v) is 2.85. The van der Waals surface area contributed by atoms with Gasteiger partial charge in [0.25, 0.3) is 0 Å². The molecule has 3 heterocycles. The first-order valence-corrected chi connectivity index (χ1v) is 7.37. The number of aromatic nitrogens is 3. The summed E-state index contributed by atoms with van der Waals surface area (Å²) in [5, 5.41) is 8.93. The van der Waals surface area contributed by atoms with E-state index >= 15 is 0 Å². The quantitative estimate of drug-likeness (QED) is 0.750. The van der Waals surface area contributed by atoms with Gasteiger partial charge in [-0.2, -0.15) is 0 Å². The van der Waals surface area contributed by atoms with Gasteiger partial charge in [-0.05, 0) is 30.7 Å². The van der Waals surface area contributed by atoms with Crippen LogP contribution >= 0.6 is 11.8 Å². The van der Waals surface area contributed by atoms with Gasteiger partial charge < -0.3 is 9.51 Å². The van der Waals surface area contributed by atoms with E-state index in [2.05, 4.69) is 9.97 Å². The number of imidazole rings is 1. The van der Waals surface area contributed by atoms with Crippen LogP contribution in [0.5, 0.6) is 0 Å². The van der Waals surface area contributed by atoms with E-state index in [1.807, 2.05) is 35.9 Å². The van der Waals surface area contributed by atoms with Gasteiger partial charge in [-0.15, -0.1) is 11.8 Å². The minimum Gasteiger partial charge on any atom is -0.477 e. The average molecular weight is 299 g/mol. The molecule has 3 aromatic heterocycles. The normalized spacial score (nSPS) is 10.9. The Balaban J connectivity index is 1.78. The van der Waals surface area contributed by atoms with Gasteiger partial charge in [0.05, 0.1) is 5.69 Å². The molecule has 3 rings (SSSR count). The van der Waals surface area contributed by atoms with Crippen LogP contribution in [0.15, 0.2) is 47.8 Å². The second-order valence-corrected chi connectivity index (χ2v) is 5.67. The van der Waals surface area contributed by atoms with Crippen LogP contribution in [0.2, 0.25) is 0 Å². The topological polar surface area (TPSA) is 67.5 Å². The molecule has 106 valence electrons. The zero-order valence-corrected chi connectivity index (χ0v) is 12.2. The molecule has 0 aromatic carbocycles. The molecule has 0 unspecified atom stereocenters. The number of carboxylic acid groups (broad SMARTS) is 1. The number of thioether (sulfide) groups is 1. The second kappa shape index (κ2) is 5.57. The first-order chi connectivity index (χ1) is 10.1. The minimum atomic E-state index is -1.01. The number of rotatable bonds is 4. The van der Waals surface area contributed by atoms with Crippen LogP contribution in [0.25, 0.3) is 5.65 Å². The molecule has 0 fully saturated rings. The lowest BCUT2D eigenvalue weighted by atomic mass is 10.3. The van der Waals surface area contributed by atoms with E-state index < -0.39 is 5.97 Å². The zero-order valence-electron chi connectivity index (χ0n) is 11.4. The van der Waals surface area contributed by atoms with Gasteiger partial charge >= 0.3 is 5.97 Å². The highest BCUT2D eigenvalue weighted by atomic mass is 32.2. The van der Waals surface area contributed by atoms with Crippen LogP contribution < -0.4 is 0 Å². The fourth-order valence-electron chi connectivity index (χ4n) is 2.05. The van der Waals surface area contributed by atoms with Crippen LogP contribution in [0.1, 0.15) is 21.7 Å². The number of carboxylic acids is 1. The summed E-state index contributed by atoms with van der Waals surface area (Å²) in [6.45, 7) is 2.03. The Morgan fingerprint density at radius 3 is 3.05 bits per heavy atom. The number of pyridine rings is 2. The lowest BCUT2D eigenvalue weighted by Crippen LogP contribution is -1.99. The second-order valence-electron chi connectivity index (χ2n) is 4.62. The Hall–Kier alpha value is -2.34. The molecular formula is C15H13N3O2S. The molecule has 0 spiro atoms. The van der Waals surface area contributed by atoms with Gasteiger partial charge in [-0.25, -0.2) is 14.8 Å². The van der Waals surface area contributed by atoms with Crippen molar-refractivity contribution in [3.63, 3.8) is 0 Å². The summed E-state index contributed by atoms with van der Waals surface area (Å²) in [6, 6.07) is 7.40. The summed E-state index contributed by atoms with van der Waals surface area (Å²) in [4.78, 5) is 20.2. The van der Waals surface area contributed by atoms with Crippen LogP contribution in [-0.2, 0) is 5.75 Å². The number of hydrogen-bond acceptors (Lipinski definition) is 4. The molecule has 6 heteroatoms. The Labute approximate surface area is 125 Å². The lowest BCUT2D eigenvalue weighted by Gasteiger charge is -2.00. The zero-order chi connectivity index (χ0) is 14.8. The molecule has 21 heavy (non-hydrogen) atoms. The van der Waals surface area contributed by atoms with E-state index in [-0.39, 0.29) is 5.69 Å². The summed E-state index contributed by atoms with van der Waals surface area (Å²) >= 11 is 1.55. The van der Waals surface area contributed by atoms with Crippen LogP contribution in [0, 0.1) is 6.92 Å². The highest BCUT2D eigenvalue weighted by Crippen LogP contribution is 2.23. The molecule has 0 aliphatic carbocycles. The molecule has 0 amide bonds. The molecular weight excluding hydrogens is 286 g/mol. The highest BCUT2D eigenvalue weighted by Gasteiger charge is 2.07. The molecule has 3 aromatic rings. The monoisotopic (exact) mass is 299 g/mol. The third-order valence-corrected chi connectivity index (χ3v) is 4.09. The third-order valence-electron chi connectivity index (χ3n) is 3.07. The van der Waals surface area contributed by atoms with Gasteiger partial charge in [-0.1, -0.05) is 6.07 Å². The maximum absolute atomic E-state index is 10.9. The molecule has 0 bridgehead atoms. The summed E-state index contributed by atoms with van der Waals surface area (Å²) in [5.41, 5.74) is 3.11. The number of aromatic carboxylic acids is 1. The predicted molar refractivity (Wildman–Crippen MR) is 80.7 cm³/mol. The summed E-state index contributed by atoms with van der Waals surface area (Å²) < 4.78 is 2.00. The number of fused-ring (bicyclic) bond motifs is 1. The summed E-state index contributed by atoms with van der Waals surface area (Å²) in [7, 11) is 0. The standard InChI is InChI=1S/C15H13N3O2S/c1-10-3-2-6-18-8-11(17-14(10)18)9-21-12-4-5-16-13(7-12)15(19)20/h2-8H,9H2,1H3,(H,19,20). The molecule has 0 saturated heterocycles. The van der Waals surface area contributed by atoms with Crippen molar-refractivity contribution >= 4 is 23.4 Å². The Morgan fingerprint density at radius 2 is 2.29 bits per heavy atom. The average Bonchev–Trinajstić information content (AvgIpc) is 2.90. The smallest absolute Gasteiger partial charge is 0.354 e. The van der Waals surface area contributed by atoms with E-state index in [0.29, 0.717) is 5.75 Å². The van der Waals surface area contributed by atoms with Crippen molar-refractivity contribution in [1.29, 1.82) is 0 Å². The van der Waals surface area contributed by atoms with Gasteiger partial charge in [0.2, 0.25) is 0 Å². The fraction of sp³-hybridized carbons (Fsp3) is 0.133. The van der Waals surface area contributed by atoms with E-state index in [9.17, 15) is 4.79 Å². The van der Waals surface area contributed by atoms with E-state index in [1.165, 1.54) is 6.20 Å². The highest BCUT2D eigenvalue weighted by molar-refractivity contribution is 7.98. The Kier molecular flexibility index (Phi) is 3.62. The van der Waals surface area contributed by atoms with Crippen molar-refractivity contribution in [2.24, 2.45) is 0 Å². The summed E-state index contributed by atoms with van der Waals surface area (Å²) in [6.07, 6.45) is 5.48. The number of carbonyl (C=O) groups is 1. The first kappa shape index (κ1) is 13.6. The van der Waals surface area contributed by atoms with Crippen LogP contribution in [0.3, 0.4) is 0 Å². The van der Waals surface area contributed by atoms with Crippen molar-refractivity contribution < 1.29 is 9.90 Å². The molecule has 0 aliphatic heterocycles. The van der Waals surface area contributed by atoms with Gasteiger partial charge in [0, 0.05) is 29.2 Å². The molecule has 0 saturated carbocycles. The molecule has 5 nitrogen and oxygen atoms in total. The van der Waals surface area contributed by atoms with E-state index in [4.69, 9.17) is 5.11 Å². The Morgan fingerprint density at radius 1 is 1.43 bits per heavy atom. The third kappa shape index (κ3) is 2.90. The molecule has 0 atom stereocenters. The number of hydrogen-bond donors (Lipinski definition) is 1.